The molecule has 0 saturated carbocycles. The van der Waals surface area contributed by atoms with Crippen LogP contribution in [-0.4, -0.2) is 96.7 Å². The predicted octanol–water partition coefficient (Wildman–Crippen LogP) is 18.3. The molecule has 0 rings (SSSR count). The molecule has 0 aliphatic rings. The summed E-state index contributed by atoms with van der Waals surface area (Å²) < 4.78 is 68.1. The standard InChI is InChI=1S/C66H128O17P2/c1-8-12-13-14-15-16-26-33-40-47-63(68)76-53-61(82-65(70)49-42-35-28-21-18-24-31-38-45-58(6)10-3)55-80-84(72,73)78-51-60(67)52-79-85(74,75)81-56-62(83-66(71)50-43-36-29-22-19-25-32-39-46-59(7)11-4)54-77-64(69)48-41-34-27-20-17-23-30-37-44-57(5)9-2/h57-62,67H,8-56H2,1-7H3,(H,72,73)(H,74,75)/t57?,58?,59?,60-,61+,62+/m0/s1. The predicted molar refractivity (Wildman–Crippen MR) is 340 cm³/mol. The van der Waals surface area contributed by atoms with E-state index in [0.717, 1.165) is 108 Å². The third-order valence-corrected chi connectivity index (χ3v) is 18.1. The van der Waals surface area contributed by atoms with Crippen molar-refractivity contribution in [3.05, 3.63) is 0 Å². The molecule has 0 heterocycles. The zero-order chi connectivity index (χ0) is 63.1. The van der Waals surface area contributed by atoms with Gasteiger partial charge in [-0.15, -0.1) is 0 Å². The minimum atomic E-state index is -4.95. The van der Waals surface area contributed by atoms with Crippen molar-refractivity contribution < 1.29 is 80.2 Å². The van der Waals surface area contributed by atoms with Crippen LogP contribution in [-0.2, 0) is 65.4 Å². The number of phosphoric acid groups is 2. The highest BCUT2D eigenvalue weighted by molar-refractivity contribution is 7.47. The number of unbranched alkanes of at least 4 members (excludes halogenated alkanes) is 29. The van der Waals surface area contributed by atoms with Crippen LogP contribution >= 0.6 is 15.6 Å². The van der Waals surface area contributed by atoms with Gasteiger partial charge in [0.05, 0.1) is 26.4 Å². The first-order valence-electron chi connectivity index (χ1n) is 34.5. The average Bonchev–Trinajstić information content (AvgIpc) is 3.51. The molecular formula is C66H128O17P2. The first-order chi connectivity index (χ1) is 40.8. The summed E-state index contributed by atoms with van der Waals surface area (Å²) in [4.78, 5) is 72.3. The minimum absolute atomic E-state index is 0.104. The number of phosphoric ester groups is 2. The Morgan fingerprint density at radius 1 is 0.329 bits per heavy atom. The van der Waals surface area contributed by atoms with Gasteiger partial charge in [-0.1, -0.05) is 273 Å². The molecule has 0 aliphatic carbocycles. The summed E-state index contributed by atoms with van der Waals surface area (Å²) in [5, 5.41) is 10.6. The quantitative estimate of drug-likeness (QED) is 0.0222. The molecule has 17 nitrogen and oxygen atoms in total. The van der Waals surface area contributed by atoms with Crippen molar-refractivity contribution in [3.63, 3.8) is 0 Å². The molecule has 0 saturated heterocycles. The minimum Gasteiger partial charge on any atom is -0.462 e. The number of aliphatic hydroxyl groups excluding tert-OH is 1. The monoisotopic (exact) mass is 1250 g/mol. The molecule has 0 radical (unpaired) electrons. The van der Waals surface area contributed by atoms with Crippen LogP contribution in [0.3, 0.4) is 0 Å². The molecule has 504 valence electrons. The number of carbonyl (C=O) groups excluding carboxylic acids is 4. The molecule has 0 bridgehead atoms. The lowest BCUT2D eigenvalue weighted by molar-refractivity contribution is -0.161. The highest BCUT2D eigenvalue weighted by atomic mass is 31.2. The molecule has 0 spiro atoms. The number of ether oxygens (including phenoxy) is 4. The second-order valence-corrected chi connectivity index (χ2v) is 27.5. The topological polar surface area (TPSA) is 237 Å². The number of carbonyl (C=O) groups is 4. The van der Waals surface area contributed by atoms with Crippen LogP contribution in [0, 0.1) is 17.8 Å². The summed E-state index contributed by atoms with van der Waals surface area (Å²) in [7, 11) is -9.89. The first-order valence-corrected chi connectivity index (χ1v) is 37.5. The van der Waals surface area contributed by atoms with Gasteiger partial charge in [0.1, 0.15) is 19.3 Å². The molecule has 0 aromatic carbocycles. The van der Waals surface area contributed by atoms with E-state index in [-0.39, 0.29) is 25.7 Å². The fourth-order valence-electron chi connectivity index (χ4n) is 9.74. The number of hydrogen-bond donors (Lipinski definition) is 3. The van der Waals surface area contributed by atoms with Crippen LogP contribution in [0.5, 0.6) is 0 Å². The Bertz CT molecular complexity index is 1690. The van der Waals surface area contributed by atoms with Crippen LogP contribution < -0.4 is 0 Å². The highest BCUT2D eigenvalue weighted by Gasteiger charge is 2.30. The molecule has 3 N–H and O–H groups in total. The van der Waals surface area contributed by atoms with Crippen molar-refractivity contribution in [2.45, 2.75) is 343 Å². The molecule has 0 aliphatic heterocycles. The van der Waals surface area contributed by atoms with E-state index in [1.807, 2.05) is 0 Å². The van der Waals surface area contributed by atoms with E-state index in [2.05, 4.69) is 48.5 Å². The fourth-order valence-corrected chi connectivity index (χ4v) is 11.3. The maximum atomic E-state index is 13.0. The van der Waals surface area contributed by atoms with E-state index in [9.17, 15) is 43.2 Å². The van der Waals surface area contributed by atoms with Crippen molar-refractivity contribution in [3.8, 4) is 0 Å². The van der Waals surface area contributed by atoms with Gasteiger partial charge in [-0.3, -0.25) is 37.3 Å². The molecule has 19 heteroatoms. The van der Waals surface area contributed by atoms with Crippen molar-refractivity contribution in [2.24, 2.45) is 17.8 Å². The summed E-state index contributed by atoms with van der Waals surface area (Å²) >= 11 is 0. The molecule has 5 unspecified atom stereocenters. The van der Waals surface area contributed by atoms with Gasteiger partial charge in [0.2, 0.25) is 0 Å². The summed E-state index contributed by atoms with van der Waals surface area (Å²) in [6, 6.07) is 0. The average molecular weight is 1260 g/mol. The Labute approximate surface area is 517 Å². The molecule has 0 amide bonds. The van der Waals surface area contributed by atoms with Crippen molar-refractivity contribution in [2.75, 3.05) is 39.6 Å². The van der Waals surface area contributed by atoms with Crippen LogP contribution in [0.15, 0.2) is 0 Å². The summed E-state index contributed by atoms with van der Waals surface area (Å²) in [5.74, 6) is 0.181. The van der Waals surface area contributed by atoms with Gasteiger partial charge in [-0.25, -0.2) is 9.13 Å². The zero-order valence-corrected chi connectivity index (χ0v) is 56.9. The highest BCUT2D eigenvalue weighted by Crippen LogP contribution is 2.45. The van der Waals surface area contributed by atoms with Gasteiger partial charge in [0.15, 0.2) is 12.2 Å². The van der Waals surface area contributed by atoms with Crippen molar-refractivity contribution >= 4 is 39.5 Å². The third-order valence-electron chi connectivity index (χ3n) is 16.2. The molecule has 85 heavy (non-hydrogen) atoms. The fraction of sp³-hybridized carbons (Fsp3) is 0.939. The number of rotatable bonds is 64. The third kappa shape index (κ3) is 57.0. The number of esters is 4. The van der Waals surface area contributed by atoms with Crippen molar-refractivity contribution in [1.29, 1.82) is 0 Å². The van der Waals surface area contributed by atoms with E-state index >= 15 is 0 Å². The molecule has 8 atom stereocenters. The molecule has 0 aromatic heterocycles. The van der Waals surface area contributed by atoms with Crippen LogP contribution in [0.1, 0.15) is 325 Å². The number of hydrogen-bond acceptors (Lipinski definition) is 15. The van der Waals surface area contributed by atoms with Crippen LogP contribution in [0.2, 0.25) is 0 Å². The summed E-state index contributed by atoms with van der Waals surface area (Å²) in [6.07, 6.45) is 38.7. The van der Waals surface area contributed by atoms with E-state index in [1.165, 1.54) is 135 Å². The molecule has 0 fully saturated rings. The van der Waals surface area contributed by atoms with Crippen LogP contribution in [0.25, 0.3) is 0 Å². The Morgan fingerprint density at radius 3 is 0.835 bits per heavy atom. The Morgan fingerprint density at radius 2 is 0.565 bits per heavy atom. The second kappa shape index (κ2) is 57.2. The van der Waals surface area contributed by atoms with Crippen molar-refractivity contribution in [1.82, 2.24) is 0 Å². The van der Waals surface area contributed by atoms with Gasteiger partial charge >= 0.3 is 39.5 Å². The maximum absolute atomic E-state index is 13.0. The van der Waals surface area contributed by atoms with E-state index < -0.39 is 97.5 Å². The van der Waals surface area contributed by atoms with Crippen LogP contribution in [0.4, 0.5) is 0 Å². The SMILES string of the molecule is CCCCCCCCCCCC(=O)OC[C@H](COP(=O)(O)OC[C@H](O)COP(=O)(O)OC[C@@H](COC(=O)CCCCCCCCCCC(C)CC)OC(=O)CCCCCCCCCCC(C)CC)OC(=O)CCCCCCCCCCC(C)CC. The lowest BCUT2D eigenvalue weighted by atomic mass is 9.99. The number of aliphatic hydroxyl groups is 1. The van der Waals surface area contributed by atoms with E-state index in [1.54, 1.807) is 0 Å². The normalized spacial score (nSPS) is 15.3. The molecular weight excluding hydrogens is 1130 g/mol. The van der Waals surface area contributed by atoms with E-state index in [4.69, 9.17) is 37.0 Å². The Kier molecular flexibility index (Phi) is 55.9. The van der Waals surface area contributed by atoms with Gasteiger partial charge in [-0.2, -0.15) is 0 Å². The first kappa shape index (κ1) is 83.1. The maximum Gasteiger partial charge on any atom is 0.472 e. The zero-order valence-electron chi connectivity index (χ0n) is 55.1. The lowest BCUT2D eigenvalue weighted by Crippen LogP contribution is -2.30. The van der Waals surface area contributed by atoms with Gasteiger partial charge in [0.25, 0.3) is 0 Å². The lowest BCUT2D eigenvalue weighted by Gasteiger charge is -2.21. The van der Waals surface area contributed by atoms with E-state index in [0.29, 0.717) is 25.7 Å². The largest absolute Gasteiger partial charge is 0.472 e. The summed E-state index contributed by atoms with van der Waals surface area (Å²) in [5.41, 5.74) is 0. The van der Waals surface area contributed by atoms with Gasteiger partial charge in [0, 0.05) is 25.7 Å². The van der Waals surface area contributed by atoms with Gasteiger partial charge in [-0.05, 0) is 43.4 Å². The van der Waals surface area contributed by atoms with Gasteiger partial charge < -0.3 is 33.8 Å². The smallest absolute Gasteiger partial charge is 0.462 e. The Hall–Kier alpha value is -1.94. The Balaban J connectivity index is 5.27. The summed E-state index contributed by atoms with van der Waals surface area (Å²) in [6.45, 7) is 11.8. The molecule has 0 aromatic rings. The second-order valence-electron chi connectivity index (χ2n) is 24.6.